The SMILES string of the molecule is Nc1cnc2cc(F)c(Br)cc2c1. The largest absolute Gasteiger partial charge is 0.397 e. The monoisotopic (exact) mass is 240 g/mol. The van der Waals surface area contributed by atoms with E-state index >= 15 is 0 Å². The molecule has 1 heterocycles. The summed E-state index contributed by atoms with van der Waals surface area (Å²) in [6.45, 7) is 0. The second kappa shape index (κ2) is 2.96. The van der Waals surface area contributed by atoms with E-state index in [9.17, 15) is 4.39 Å². The molecule has 66 valence electrons. The topological polar surface area (TPSA) is 38.9 Å². The first-order valence-corrected chi connectivity index (χ1v) is 4.46. The van der Waals surface area contributed by atoms with Crippen LogP contribution in [0.1, 0.15) is 0 Å². The number of pyridine rings is 1. The van der Waals surface area contributed by atoms with Gasteiger partial charge in [0.2, 0.25) is 0 Å². The molecule has 0 aliphatic carbocycles. The van der Waals surface area contributed by atoms with Gasteiger partial charge in [-0.2, -0.15) is 0 Å². The van der Waals surface area contributed by atoms with Gasteiger partial charge in [0.15, 0.2) is 0 Å². The predicted octanol–water partition coefficient (Wildman–Crippen LogP) is 2.72. The predicted molar refractivity (Wildman–Crippen MR) is 53.8 cm³/mol. The zero-order valence-electron chi connectivity index (χ0n) is 6.59. The molecule has 2 N–H and O–H groups in total. The van der Waals surface area contributed by atoms with Crippen molar-refractivity contribution >= 4 is 32.5 Å². The van der Waals surface area contributed by atoms with Crippen LogP contribution in [0.3, 0.4) is 0 Å². The fourth-order valence-corrected chi connectivity index (χ4v) is 1.50. The van der Waals surface area contributed by atoms with E-state index in [4.69, 9.17) is 5.73 Å². The van der Waals surface area contributed by atoms with Gasteiger partial charge in [-0.15, -0.1) is 0 Å². The molecule has 0 spiro atoms. The van der Waals surface area contributed by atoms with E-state index < -0.39 is 0 Å². The molecule has 0 fully saturated rings. The molecule has 2 nitrogen and oxygen atoms in total. The molecule has 0 aliphatic heterocycles. The summed E-state index contributed by atoms with van der Waals surface area (Å²) in [4.78, 5) is 4.00. The lowest BCUT2D eigenvalue weighted by Gasteiger charge is -2.00. The van der Waals surface area contributed by atoms with Crippen molar-refractivity contribution < 1.29 is 4.39 Å². The number of benzene rings is 1. The van der Waals surface area contributed by atoms with Gasteiger partial charge in [0.25, 0.3) is 0 Å². The third-order valence-electron chi connectivity index (χ3n) is 1.74. The Balaban J connectivity index is 2.81. The van der Waals surface area contributed by atoms with Crippen LogP contribution >= 0.6 is 15.9 Å². The second-order valence-electron chi connectivity index (χ2n) is 2.73. The number of rotatable bonds is 0. The highest BCUT2D eigenvalue weighted by Crippen LogP contribution is 2.22. The Labute approximate surface area is 82.7 Å². The van der Waals surface area contributed by atoms with E-state index in [1.54, 1.807) is 12.1 Å². The second-order valence-corrected chi connectivity index (χ2v) is 3.58. The average molecular weight is 241 g/mol. The summed E-state index contributed by atoms with van der Waals surface area (Å²) >= 11 is 3.10. The van der Waals surface area contributed by atoms with Crippen molar-refractivity contribution in [3.8, 4) is 0 Å². The van der Waals surface area contributed by atoms with Crippen molar-refractivity contribution in [1.29, 1.82) is 0 Å². The fourth-order valence-electron chi connectivity index (χ4n) is 1.14. The van der Waals surface area contributed by atoms with Crippen molar-refractivity contribution in [3.63, 3.8) is 0 Å². The van der Waals surface area contributed by atoms with Gasteiger partial charge in [0.1, 0.15) is 5.82 Å². The third-order valence-corrected chi connectivity index (χ3v) is 2.35. The highest BCUT2D eigenvalue weighted by Gasteiger charge is 2.02. The van der Waals surface area contributed by atoms with Crippen LogP contribution in [0, 0.1) is 5.82 Å². The molecule has 2 rings (SSSR count). The van der Waals surface area contributed by atoms with Gasteiger partial charge in [-0.25, -0.2) is 4.39 Å². The summed E-state index contributed by atoms with van der Waals surface area (Å²) in [5.74, 6) is -0.315. The average Bonchev–Trinajstić information content (AvgIpc) is 2.08. The smallest absolute Gasteiger partial charge is 0.139 e. The number of aromatic nitrogens is 1. The Kier molecular flexibility index (Phi) is 1.92. The van der Waals surface area contributed by atoms with E-state index in [2.05, 4.69) is 20.9 Å². The molecule has 1 aromatic heterocycles. The summed E-state index contributed by atoms with van der Waals surface area (Å²) < 4.78 is 13.5. The van der Waals surface area contributed by atoms with Crippen molar-refractivity contribution in [2.45, 2.75) is 0 Å². The summed E-state index contributed by atoms with van der Waals surface area (Å²) in [6, 6.07) is 4.79. The molecule has 0 amide bonds. The molecule has 1 aromatic carbocycles. The minimum Gasteiger partial charge on any atom is -0.397 e. The maximum atomic E-state index is 13.0. The van der Waals surface area contributed by atoms with Gasteiger partial charge in [0, 0.05) is 11.5 Å². The number of hydrogen-bond acceptors (Lipinski definition) is 2. The maximum absolute atomic E-state index is 13.0. The Bertz CT molecular complexity index is 470. The molecule has 0 radical (unpaired) electrons. The van der Waals surface area contributed by atoms with Gasteiger partial charge >= 0.3 is 0 Å². The van der Waals surface area contributed by atoms with Gasteiger partial charge < -0.3 is 5.73 Å². The highest BCUT2D eigenvalue weighted by atomic mass is 79.9. The molecule has 0 atom stereocenters. The number of nitrogens with zero attached hydrogens (tertiary/aromatic N) is 1. The Morgan fingerprint density at radius 3 is 2.85 bits per heavy atom. The number of anilines is 1. The number of nitrogen functional groups attached to an aromatic ring is 1. The molecule has 13 heavy (non-hydrogen) atoms. The standard InChI is InChI=1S/C9H6BrFN2/c10-7-2-5-1-6(12)4-13-9(5)3-8(7)11/h1-4H,12H2. The Morgan fingerprint density at radius 2 is 2.08 bits per heavy atom. The molecular weight excluding hydrogens is 235 g/mol. The van der Waals surface area contributed by atoms with Crippen LogP contribution < -0.4 is 5.73 Å². The lowest BCUT2D eigenvalue weighted by Crippen LogP contribution is -1.88. The van der Waals surface area contributed by atoms with Gasteiger partial charge in [-0.05, 0) is 28.1 Å². The summed E-state index contributed by atoms with van der Waals surface area (Å²) in [5, 5.41) is 0.827. The van der Waals surface area contributed by atoms with E-state index in [0.717, 1.165) is 5.39 Å². The van der Waals surface area contributed by atoms with Crippen molar-refractivity contribution in [3.05, 3.63) is 34.7 Å². The molecule has 4 heteroatoms. The van der Waals surface area contributed by atoms with Crippen LogP contribution in [0.5, 0.6) is 0 Å². The van der Waals surface area contributed by atoms with Crippen LogP contribution in [0.4, 0.5) is 10.1 Å². The molecule has 0 bridgehead atoms. The third kappa shape index (κ3) is 1.49. The first-order chi connectivity index (χ1) is 6.16. The maximum Gasteiger partial charge on any atom is 0.139 e. The first kappa shape index (κ1) is 8.44. The summed E-state index contributed by atoms with van der Waals surface area (Å²) in [6.07, 6.45) is 1.51. The first-order valence-electron chi connectivity index (χ1n) is 3.67. The number of fused-ring (bicyclic) bond motifs is 1. The van der Waals surface area contributed by atoms with Crippen LogP contribution in [0.15, 0.2) is 28.9 Å². The van der Waals surface area contributed by atoms with E-state index in [-0.39, 0.29) is 5.82 Å². The Hall–Kier alpha value is -1.16. The minimum atomic E-state index is -0.315. The number of hydrogen-bond donors (Lipinski definition) is 1. The molecule has 0 saturated carbocycles. The minimum absolute atomic E-state index is 0.315. The van der Waals surface area contributed by atoms with Gasteiger partial charge in [-0.3, -0.25) is 4.98 Å². The highest BCUT2D eigenvalue weighted by molar-refractivity contribution is 9.10. The van der Waals surface area contributed by atoms with Crippen molar-refractivity contribution in [1.82, 2.24) is 4.98 Å². The van der Waals surface area contributed by atoms with Crippen LogP contribution in [0.25, 0.3) is 10.9 Å². The van der Waals surface area contributed by atoms with Crippen LogP contribution in [-0.4, -0.2) is 4.98 Å². The molecule has 0 aliphatic rings. The zero-order chi connectivity index (χ0) is 9.42. The number of halogens is 2. The number of nitrogens with two attached hydrogens (primary N) is 1. The molecule has 0 unspecified atom stereocenters. The fraction of sp³-hybridized carbons (Fsp3) is 0. The van der Waals surface area contributed by atoms with Crippen LogP contribution in [0.2, 0.25) is 0 Å². The lowest BCUT2D eigenvalue weighted by molar-refractivity contribution is 0.623. The summed E-state index contributed by atoms with van der Waals surface area (Å²) in [5.41, 5.74) is 6.72. The Morgan fingerprint density at radius 1 is 1.31 bits per heavy atom. The van der Waals surface area contributed by atoms with Crippen LogP contribution in [-0.2, 0) is 0 Å². The van der Waals surface area contributed by atoms with Gasteiger partial charge in [0.05, 0.1) is 21.9 Å². The van der Waals surface area contributed by atoms with Crippen molar-refractivity contribution in [2.24, 2.45) is 0 Å². The van der Waals surface area contributed by atoms with Gasteiger partial charge in [-0.1, -0.05) is 0 Å². The zero-order valence-corrected chi connectivity index (χ0v) is 8.18. The summed E-state index contributed by atoms with van der Waals surface area (Å²) in [7, 11) is 0. The van der Waals surface area contributed by atoms with E-state index in [1.807, 2.05) is 0 Å². The molecule has 2 aromatic rings. The normalized spacial score (nSPS) is 10.6. The molecule has 0 saturated heterocycles. The molecular formula is C9H6BrFN2. The quantitative estimate of drug-likeness (QED) is 0.770. The lowest BCUT2D eigenvalue weighted by atomic mass is 10.2. The van der Waals surface area contributed by atoms with E-state index in [1.165, 1.54) is 12.3 Å². The van der Waals surface area contributed by atoms with Crippen molar-refractivity contribution in [2.75, 3.05) is 5.73 Å². The van der Waals surface area contributed by atoms with E-state index in [0.29, 0.717) is 15.7 Å².